The third kappa shape index (κ3) is 3.53. The SMILES string of the molecule is O=S(=O)(CCC1CCCO1)N1CCN(c2ncn[nH]2)CC1. The molecule has 21 heavy (non-hydrogen) atoms. The quantitative estimate of drug-likeness (QED) is 0.811. The van der Waals surface area contributed by atoms with Crippen molar-refractivity contribution < 1.29 is 13.2 Å². The molecule has 0 saturated carbocycles. The molecule has 1 N–H and O–H groups in total. The smallest absolute Gasteiger partial charge is 0.221 e. The summed E-state index contributed by atoms with van der Waals surface area (Å²) in [5.41, 5.74) is 0. The Morgan fingerprint density at radius 3 is 2.76 bits per heavy atom. The van der Waals surface area contributed by atoms with Gasteiger partial charge in [-0.2, -0.15) is 14.4 Å². The predicted octanol–water partition coefficient (Wildman–Crippen LogP) is -0.174. The molecule has 1 aromatic rings. The van der Waals surface area contributed by atoms with Crippen LogP contribution in [0.5, 0.6) is 0 Å². The minimum atomic E-state index is -3.18. The highest BCUT2D eigenvalue weighted by atomic mass is 32.2. The first kappa shape index (κ1) is 14.7. The summed E-state index contributed by atoms with van der Waals surface area (Å²) in [5.74, 6) is 0.881. The van der Waals surface area contributed by atoms with Crippen molar-refractivity contribution >= 4 is 16.0 Å². The van der Waals surface area contributed by atoms with Crippen LogP contribution >= 0.6 is 0 Å². The molecular formula is C12H21N5O3S. The summed E-state index contributed by atoms with van der Waals surface area (Å²) in [4.78, 5) is 6.10. The number of hydrogen-bond acceptors (Lipinski definition) is 6. The minimum absolute atomic E-state index is 0.121. The van der Waals surface area contributed by atoms with E-state index in [0.717, 1.165) is 19.4 Å². The maximum Gasteiger partial charge on any atom is 0.221 e. The first-order valence-corrected chi connectivity index (χ1v) is 8.96. The van der Waals surface area contributed by atoms with E-state index in [2.05, 4.69) is 15.2 Å². The van der Waals surface area contributed by atoms with Gasteiger partial charge in [0.05, 0.1) is 11.9 Å². The standard InChI is InChI=1S/C12H21N5O3S/c18-21(19,9-3-11-2-1-8-20-11)17-6-4-16(5-7-17)12-13-10-14-15-12/h10-11H,1-9H2,(H,13,14,15). The van der Waals surface area contributed by atoms with Crippen molar-refractivity contribution in [2.24, 2.45) is 0 Å². The highest BCUT2D eigenvalue weighted by molar-refractivity contribution is 7.89. The molecule has 0 aliphatic carbocycles. The summed E-state index contributed by atoms with van der Waals surface area (Å²) in [6.45, 7) is 3.02. The van der Waals surface area contributed by atoms with Gasteiger partial charge in [-0.25, -0.2) is 13.5 Å². The number of aromatic amines is 1. The predicted molar refractivity (Wildman–Crippen MR) is 77.5 cm³/mol. The van der Waals surface area contributed by atoms with E-state index >= 15 is 0 Å². The van der Waals surface area contributed by atoms with Gasteiger partial charge >= 0.3 is 0 Å². The minimum Gasteiger partial charge on any atom is -0.378 e. The molecule has 0 amide bonds. The lowest BCUT2D eigenvalue weighted by Crippen LogP contribution is -2.49. The first-order valence-electron chi connectivity index (χ1n) is 7.35. The molecular weight excluding hydrogens is 294 g/mol. The van der Waals surface area contributed by atoms with Crippen molar-refractivity contribution in [3.8, 4) is 0 Å². The van der Waals surface area contributed by atoms with Crippen LogP contribution in [0.15, 0.2) is 6.33 Å². The van der Waals surface area contributed by atoms with Crippen LogP contribution in [0.25, 0.3) is 0 Å². The van der Waals surface area contributed by atoms with Crippen LogP contribution in [0.3, 0.4) is 0 Å². The van der Waals surface area contributed by atoms with Crippen LogP contribution in [-0.2, 0) is 14.8 Å². The Hall–Kier alpha value is -1.19. The molecule has 2 aliphatic heterocycles. The number of hydrogen-bond donors (Lipinski definition) is 1. The number of piperazine rings is 1. The molecule has 1 atom stereocenters. The van der Waals surface area contributed by atoms with Gasteiger partial charge in [0.25, 0.3) is 0 Å². The molecule has 0 spiro atoms. The van der Waals surface area contributed by atoms with Crippen LogP contribution < -0.4 is 4.90 Å². The van der Waals surface area contributed by atoms with Crippen molar-refractivity contribution in [3.05, 3.63) is 6.33 Å². The van der Waals surface area contributed by atoms with Gasteiger partial charge in [-0.15, -0.1) is 0 Å². The number of aromatic nitrogens is 3. The average molecular weight is 315 g/mol. The number of nitrogens with one attached hydrogen (secondary N) is 1. The molecule has 1 unspecified atom stereocenters. The molecule has 9 heteroatoms. The fraction of sp³-hybridized carbons (Fsp3) is 0.833. The maximum atomic E-state index is 12.4. The number of nitrogens with zero attached hydrogens (tertiary/aromatic N) is 4. The Morgan fingerprint density at radius 1 is 1.33 bits per heavy atom. The van der Waals surface area contributed by atoms with Gasteiger partial charge in [0.2, 0.25) is 16.0 Å². The van der Waals surface area contributed by atoms with Crippen LogP contribution in [0.1, 0.15) is 19.3 Å². The van der Waals surface area contributed by atoms with E-state index in [1.807, 2.05) is 4.90 Å². The zero-order valence-electron chi connectivity index (χ0n) is 11.9. The summed E-state index contributed by atoms with van der Waals surface area (Å²) in [6.07, 6.45) is 4.20. The lowest BCUT2D eigenvalue weighted by atomic mass is 10.2. The first-order chi connectivity index (χ1) is 10.1. The molecule has 118 valence electrons. The second-order valence-corrected chi connectivity index (χ2v) is 7.52. The third-order valence-corrected chi connectivity index (χ3v) is 5.96. The average Bonchev–Trinajstić information content (AvgIpc) is 3.19. The van der Waals surface area contributed by atoms with Gasteiger partial charge in [0.15, 0.2) is 0 Å². The van der Waals surface area contributed by atoms with Crippen LogP contribution in [0.2, 0.25) is 0 Å². The molecule has 0 radical (unpaired) electrons. The summed E-state index contributed by atoms with van der Waals surface area (Å²) in [5, 5.41) is 6.62. The zero-order valence-corrected chi connectivity index (χ0v) is 12.8. The van der Waals surface area contributed by atoms with Crippen molar-refractivity contribution in [2.45, 2.75) is 25.4 Å². The van der Waals surface area contributed by atoms with Crippen molar-refractivity contribution in [1.29, 1.82) is 0 Å². The van der Waals surface area contributed by atoms with Crippen molar-refractivity contribution in [3.63, 3.8) is 0 Å². The van der Waals surface area contributed by atoms with Gasteiger partial charge in [-0.3, -0.25) is 0 Å². The molecule has 1 aromatic heterocycles. The fourth-order valence-electron chi connectivity index (χ4n) is 2.81. The van der Waals surface area contributed by atoms with Gasteiger partial charge < -0.3 is 9.64 Å². The second kappa shape index (κ2) is 6.29. The van der Waals surface area contributed by atoms with Crippen molar-refractivity contribution in [2.75, 3.05) is 43.4 Å². The monoisotopic (exact) mass is 315 g/mol. The van der Waals surface area contributed by atoms with Gasteiger partial charge in [-0.05, 0) is 19.3 Å². The summed E-state index contributed by atoms with van der Waals surface area (Å²) in [7, 11) is -3.18. The number of sulfonamides is 1. The summed E-state index contributed by atoms with van der Waals surface area (Å²) in [6, 6.07) is 0. The van der Waals surface area contributed by atoms with E-state index in [1.165, 1.54) is 6.33 Å². The number of ether oxygens (including phenoxy) is 1. The number of H-pyrrole nitrogens is 1. The Morgan fingerprint density at radius 2 is 2.14 bits per heavy atom. The molecule has 3 heterocycles. The fourth-order valence-corrected chi connectivity index (χ4v) is 4.35. The van der Waals surface area contributed by atoms with Crippen LogP contribution in [0.4, 0.5) is 5.95 Å². The van der Waals surface area contributed by atoms with Crippen molar-refractivity contribution in [1.82, 2.24) is 19.5 Å². The Bertz CT molecular complexity index is 533. The maximum absolute atomic E-state index is 12.4. The molecule has 0 aromatic carbocycles. The van der Waals surface area contributed by atoms with E-state index < -0.39 is 10.0 Å². The lowest BCUT2D eigenvalue weighted by molar-refractivity contribution is 0.108. The van der Waals surface area contributed by atoms with E-state index in [9.17, 15) is 8.42 Å². The molecule has 3 rings (SSSR count). The largest absolute Gasteiger partial charge is 0.378 e. The number of anilines is 1. The van der Waals surface area contributed by atoms with E-state index in [0.29, 0.717) is 38.5 Å². The Balaban J connectivity index is 1.50. The molecule has 2 saturated heterocycles. The van der Waals surface area contributed by atoms with Gasteiger partial charge in [0, 0.05) is 32.8 Å². The van der Waals surface area contributed by atoms with Crippen LogP contribution in [0, 0.1) is 0 Å². The zero-order chi connectivity index (χ0) is 14.7. The summed E-state index contributed by atoms with van der Waals surface area (Å²) < 4.78 is 31.8. The van der Waals surface area contributed by atoms with E-state index in [-0.39, 0.29) is 11.9 Å². The Kier molecular flexibility index (Phi) is 4.41. The molecule has 0 bridgehead atoms. The third-order valence-electron chi connectivity index (χ3n) is 4.06. The highest BCUT2D eigenvalue weighted by Crippen LogP contribution is 2.18. The number of rotatable bonds is 5. The van der Waals surface area contributed by atoms with Crippen LogP contribution in [-0.4, -0.2) is 72.5 Å². The molecule has 2 fully saturated rings. The normalized spacial score (nSPS) is 24.6. The second-order valence-electron chi connectivity index (χ2n) is 5.43. The van der Waals surface area contributed by atoms with Gasteiger partial charge in [0.1, 0.15) is 6.33 Å². The topological polar surface area (TPSA) is 91.4 Å². The van der Waals surface area contributed by atoms with E-state index in [1.54, 1.807) is 4.31 Å². The highest BCUT2D eigenvalue weighted by Gasteiger charge is 2.29. The summed E-state index contributed by atoms with van der Waals surface area (Å²) >= 11 is 0. The molecule has 2 aliphatic rings. The Labute approximate surface area is 124 Å². The lowest BCUT2D eigenvalue weighted by Gasteiger charge is -2.33. The van der Waals surface area contributed by atoms with E-state index in [4.69, 9.17) is 4.74 Å². The molecule has 8 nitrogen and oxygen atoms in total. The van der Waals surface area contributed by atoms with Gasteiger partial charge in [-0.1, -0.05) is 0 Å².